The quantitative estimate of drug-likeness (QED) is 0.910. The molecule has 2 aromatic rings. The molecule has 0 aliphatic rings. The number of amides is 1. The second-order valence-electron chi connectivity index (χ2n) is 5.24. The van der Waals surface area contributed by atoms with Crippen molar-refractivity contribution < 1.29 is 14.7 Å². The van der Waals surface area contributed by atoms with Crippen LogP contribution in [0.4, 0.5) is 0 Å². The average Bonchev–Trinajstić information content (AvgIpc) is 2.88. The van der Waals surface area contributed by atoms with Gasteiger partial charge in [-0.2, -0.15) is 0 Å². The maximum atomic E-state index is 12.1. The van der Waals surface area contributed by atoms with Gasteiger partial charge in [0.25, 0.3) is 5.91 Å². The molecule has 5 nitrogen and oxygen atoms in total. The van der Waals surface area contributed by atoms with Crippen molar-refractivity contribution in [3.8, 4) is 10.6 Å². The number of nitrogens with one attached hydrogen (secondary N) is 1. The molecule has 0 aliphatic carbocycles. The molecule has 1 aromatic heterocycles. The SMILES string of the molecule is Cc1ccccc1-c1nc(C(=O)NC(C)(C)C(=O)O)cs1. The van der Waals surface area contributed by atoms with E-state index in [9.17, 15) is 9.59 Å². The largest absolute Gasteiger partial charge is 0.480 e. The van der Waals surface area contributed by atoms with Crippen LogP contribution in [-0.4, -0.2) is 27.5 Å². The van der Waals surface area contributed by atoms with Crippen LogP contribution >= 0.6 is 11.3 Å². The summed E-state index contributed by atoms with van der Waals surface area (Å²) < 4.78 is 0. The molecule has 0 saturated carbocycles. The molecule has 110 valence electrons. The van der Waals surface area contributed by atoms with Gasteiger partial charge < -0.3 is 10.4 Å². The number of carboxylic acid groups (broad SMARTS) is 1. The smallest absolute Gasteiger partial charge is 0.328 e. The Balaban J connectivity index is 2.23. The van der Waals surface area contributed by atoms with Crippen molar-refractivity contribution in [2.75, 3.05) is 0 Å². The van der Waals surface area contributed by atoms with Gasteiger partial charge in [0.1, 0.15) is 16.2 Å². The first-order valence-corrected chi connectivity index (χ1v) is 7.26. The highest BCUT2D eigenvalue weighted by Gasteiger charge is 2.30. The van der Waals surface area contributed by atoms with Gasteiger partial charge >= 0.3 is 5.97 Å². The lowest BCUT2D eigenvalue weighted by Gasteiger charge is -2.20. The van der Waals surface area contributed by atoms with Crippen molar-refractivity contribution in [3.63, 3.8) is 0 Å². The predicted molar refractivity (Wildman–Crippen MR) is 81.5 cm³/mol. The highest BCUT2D eigenvalue weighted by molar-refractivity contribution is 7.13. The first-order chi connectivity index (χ1) is 9.81. The minimum atomic E-state index is -1.33. The summed E-state index contributed by atoms with van der Waals surface area (Å²) >= 11 is 1.36. The molecule has 0 saturated heterocycles. The Morgan fingerprint density at radius 3 is 2.57 bits per heavy atom. The lowest BCUT2D eigenvalue weighted by molar-refractivity contribution is -0.143. The second-order valence-corrected chi connectivity index (χ2v) is 6.10. The molecule has 1 heterocycles. The second kappa shape index (κ2) is 5.65. The lowest BCUT2D eigenvalue weighted by atomic mass is 10.1. The zero-order valence-corrected chi connectivity index (χ0v) is 12.8. The summed E-state index contributed by atoms with van der Waals surface area (Å²) in [6, 6.07) is 7.77. The Morgan fingerprint density at radius 1 is 1.29 bits per heavy atom. The third-order valence-electron chi connectivity index (χ3n) is 3.07. The van der Waals surface area contributed by atoms with Crippen LogP contribution < -0.4 is 5.32 Å². The standard InChI is InChI=1S/C15H16N2O3S/c1-9-6-4-5-7-10(9)13-16-11(8-21-13)12(18)17-15(2,3)14(19)20/h4-8H,1-3H3,(H,17,18)(H,19,20). The average molecular weight is 304 g/mol. The lowest BCUT2D eigenvalue weighted by Crippen LogP contribution is -2.49. The first-order valence-electron chi connectivity index (χ1n) is 6.38. The van der Waals surface area contributed by atoms with Crippen molar-refractivity contribution in [1.29, 1.82) is 0 Å². The van der Waals surface area contributed by atoms with Crippen LogP contribution in [0.5, 0.6) is 0 Å². The molecule has 0 radical (unpaired) electrons. The fourth-order valence-corrected chi connectivity index (χ4v) is 2.61. The van der Waals surface area contributed by atoms with Gasteiger partial charge in [-0.3, -0.25) is 4.79 Å². The van der Waals surface area contributed by atoms with E-state index in [0.717, 1.165) is 16.1 Å². The molecule has 0 spiro atoms. The molecule has 0 unspecified atom stereocenters. The molecule has 0 fully saturated rings. The minimum absolute atomic E-state index is 0.229. The van der Waals surface area contributed by atoms with Crippen LogP contribution in [0, 0.1) is 6.92 Å². The van der Waals surface area contributed by atoms with Gasteiger partial charge in [-0.25, -0.2) is 9.78 Å². The Hall–Kier alpha value is -2.21. The van der Waals surface area contributed by atoms with Gasteiger partial charge in [0.05, 0.1) is 0 Å². The van der Waals surface area contributed by atoms with Crippen LogP contribution in [0.1, 0.15) is 29.9 Å². The van der Waals surface area contributed by atoms with E-state index in [1.807, 2.05) is 31.2 Å². The predicted octanol–water partition coefficient (Wildman–Crippen LogP) is 2.71. The van der Waals surface area contributed by atoms with E-state index in [-0.39, 0.29) is 5.69 Å². The molecule has 6 heteroatoms. The maximum absolute atomic E-state index is 12.1. The highest BCUT2D eigenvalue weighted by atomic mass is 32.1. The molecule has 2 rings (SSSR count). The van der Waals surface area contributed by atoms with Crippen molar-refractivity contribution in [1.82, 2.24) is 10.3 Å². The molecule has 21 heavy (non-hydrogen) atoms. The summed E-state index contributed by atoms with van der Waals surface area (Å²) in [5.74, 6) is -1.58. The number of carbonyl (C=O) groups is 2. The number of benzene rings is 1. The maximum Gasteiger partial charge on any atom is 0.328 e. The Bertz CT molecular complexity index is 692. The van der Waals surface area contributed by atoms with E-state index in [4.69, 9.17) is 5.11 Å². The van der Waals surface area contributed by atoms with E-state index < -0.39 is 17.4 Å². The summed E-state index contributed by atoms with van der Waals surface area (Å²) in [5, 5.41) is 13.9. The van der Waals surface area contributed by atoms with Gasteiger partial charge in [-0.15, -0.1) is 11.3 Å². The van der Waals surface area contributed by atoms with Crippen LogP contribution in [0.2, 0.25) is 0 Å². The Kier molecular flexibility index (Phi) is 4.09. The number of nitrogens with zero attached hydrogens (tertiary/aromatic N) is 1. The summed E-state index contributed by atoms with van der Waals surface area (Å²) in [6.45, 7) is 4.84. The normalized spacial score (nSPS) is 11.2. The number of aromatic nitrogens is 1. The number of hydrogen-bond donors (Lipinski definition) is 2. The third-order valence-corrected chi connectivity index (χ3v) is 3.95. The molecule has 1 aromatic carbocycles. The van der Waals surface area contributed by atoms with Crippen LogP contribution in [-0.2, 0) is 4.79 Å². The van der Waals surface area contributed by atoms with E-state index >= 15 is 0 Å². The summed E-state index contributed by atoms with van der Waals surface area (Å²) in [4.78, 5) is 27.4. The zero-order chi connectivity index (χ0) is 15.6. The van der Waals surface area contributed by atoms with Crippen molar-refractivity contribution in [2.45, 2.75) is 26.3 Å². The third kappa shape index (κ3) is 3.28. The van der Waals surface area contributed by atoms with E-state index in [2.05, 4.69) is 10.3 Å². The molecule has 0 atom stereocenters. The number of thiazole rings is 1. The van der Waals surface area contributed by atoms with E-state index in [0.29, 0.717) is 0 Å². The number of rotatable bonds is 4. The van der Waals surface area contributed by atoms with Crippen molar-refractivity contribution in [3.05, 3.63) is 40.9 Å². The highest BCUT2D eigenvalue weighted by Crippen LogP contribution is 2.26. The van der Waals surface area contributed by atoms with Gasteiger partial charge in [0.15, 0.2) is 0 Å². The first kappa shape index (κ1) is 15.2. The summed E-state index contributed by atoms with van der Waals surface area (Å²) in [6.07, 6.45) is 0. The minimum Gasteiger partial charge on any atom is -0.480 e. The fourth-order valence-electron chi connectivity index (χ4n) is 1.72. The van der Waals surface area contributed by atoms with Gasteiger partial charge in [0.2, 0.25) is 0 Å². The molecular weight excluding hydrogens is 288 g/mol. The molecular formula is C15H16N2O3S. The molecule has 0 aliphatic heterocycles. The fraction of sp³-hybridized carbons (Fsp3) is 0.267. The van der Waals surface area contributed by atoms with Crippen molar-refractivity contribution in [2.24, 2.45) is 0 Å². The van der Waals surface area contributed by atoms with Gasteiger partial charge in [0, 0.05) is 10.9 Å². The van der Waals surface area contributed by atoms with Crippen molar-refractivity contribution >= 4 is 23.2 Å². The number of carboxylic acids is 1. The Labute approximate surface area is 126 Å². The zero-order valence-electron chi connectivity index (χ0n) is 12.0. The molecule has 0 bridgehead atoms. The Morgan fingerprint density at radius 2 is 1.95 bits per heavy atom. The number of aryl methyl sites for hydroxylation is 1. The van der Waals surface area contributed by atoms with Crippen LogP contribution in [0.3, 0.4) is 0 Å². The van der Waals surface area contributed by atoms with Crippen LogP contribution in [0.25, 0.3) is 10.6 Å². The van der Waals surface area contributed by atoms with E-state index in [1.165, 1.54) is 25.2 Å². The summed E-state index contributed by atoms with van der Waals surface area (Å²) in [7, 11) is 0. The summed E-state index contributed by atoms with van der Waals surface area (Å²) in [5.41, 5.74) is 0.945. The topological polar surface area (TPSA) is 79.3 Å². The molecule has 1 amide bonds. The van der Waals surface area contributed by atoms with Gasteiger partial charge in [-0.05, 0) is 26.3 Å². The van der Waals surface area contributed by atoms with Gasteiger partial charge in [-0.1, -0.05) is 24.3 Å². The molecule has 2 N–H and O–H groups in total. The number of carbonyl (C=O) groups excluding carboxylic acids is 1. The number of aliphatic carboxylic acids is 1. The van der Waals surface area contributed by atoms with E-state index in [1.54, 1.807) is 5.38 Å². The number of hydrogen-bond acceptors (Lipinski definition) is 4. The van der Waals surface area contributed by atoms with Crippen LogP contribution in [0.15, 0.2) is 29.6 Å². The monoisotopic (exact) mass is 304 g/mol.